The molecule has 0 aromatic heterocycles. The van der Waals surface area contributed by atoms with Crippen LogP contribution in [0.5, 0.6) is 0 Å². The molecule has 1 aromatic rings. The number of halogens is 1. The molecule has 1 heterocycles. The minimum absolute atomic E-state index is 0.0992. The van der Waals surface area contributed by atoms with Crippen molar-refractivity contribution in [2.24, 2.45) is 0 Å². The normalized spacial score (nSPS) is 14.3. The Kier molecular flexibility index (Phi) is 5.40. The number of amides is 2. The van der Waals surface area contributed by atoms with Crippen molar-refractivity contribution in [3.8, 4) is 0 Å². The van der Waals surface area contributed by atoms with Gasteiger partial charge in [0.05, 0.1) is 11.5 Å². The molecule has 1 aliphatic rings. The molecule has 2 rings (SSSR count). The smallest absolute Gasteiger partial charge is 0.234 e. The fourth-order valence-electron chi connectivity index (χ4n) is 2.02. The van der Waals surface area contributed by atoms with Crippen LogP contribution >= 0.6 is 11.8 Å². The first-order valence-electron chi connectivity index (χ1n) is 6.56. The maximum Gasteiger partial charge on any atom is 0.234 e. The SMILES string of the molecule is O=C(CSCC(=O)N1CCCC1)Nc1ccc(F)cc1. The zero-order valence-corrected chi connectivity index (χ0v) is 11.9. The monoisotopic (exact) mass is 296 g/mol. The van der Waals surface area contributed by atoms with Crippen LogP contribution in [0.25, 0.3) is 0 Å². The molecule has 0 unspecified atom stereocenters. The average Bonchev–Trinajstić information content (AvgIpc) is 2.95. The molecule has 0 radical (unpaired) electrons. The standard InChI is InChI=1S/C14H17FN2O2S/c15-11-3-5-12(6-4-11)16-13(18)9-20-10-14(19)17-7-1-2-8-17/h3-6H,1-2,7-10H2,(H,16,18). The van der Waals surface area contributed by atoms with Crippen LogP contribution in [0, 0.1) is 5.82 Å². The van der Waals surface area contributed by atoms with Gasteiger partial charge in [0, 0.05) is 18.8 Å². The second kappa shape index (κ2) is 7.28. The zero-order chi connectivity index (χ0) is 14.4. The molecule has 0 atom stereocenters. The van der Waals surface area contributed by atoms with Crippen LogP contribution in [0.4, 0.5) is 10.1 Å². The Morgan fingerprint density at radius 1 is 1.15 bits per heavy atom. The average molecular weight is 296 g/mol. The first-order chi connectivity index (χ1) is 9.65. The van der Waals surface area contributed by atoms with E-state index in [1.165, 1.54) is 36.0 Å². The number of likely N-dealkylation sites (tertiary alicyclic amines) is 1. The Bertz CT molecular complexity index is 473. The lowest BCUT2D eigenvalue weighted by Crippen LogP contribution is -2.29. The molecule has 6 heteroatoms. The van der Waals surface area contributed by atoms with Crippen LogP contribution in [0.1, 0.15) is 12.8 Å². The van der Waals surface area contributed by atoms with E-state index in [4.69, 9.17) is 0 Å². The van der Waals surface area contributed by atoms with Gasteiger partial charge in [-0.15, -0.1) is 11.8 Å². The molecule has 1 N–H and O–H groups in total. The molecule has 2 amide bonds. The van der Waals surface area contributed by atoms with Gasteiger partial charge in [0.2, 0.25) is 11.8 Å². The van der Waals surface area contributed by atoms with Crippen LogP contribution in [-0.2, 0) is 9.59 Å². The summed E-state index contributed by atoms with van der Waals surface area (Å²) in [5, 5.41) is 2.66. The number of benzene rings is 1. The second-order valence-corrected chi connectivity index (χ2v) is 5.62. The fraction of sp³-hybridized carbons (Fsp3) is 0.429. The number of hydrogen-bond donors (Lipinski definition) is 1. The number of hydrogen-bond acceptors (Lipinski definition) is 3. The summed E-state index contributed by atoms with van der Waals surface area (Å²) in [5.74, 6) is 0.125. The van der Waals surface area contributed by atoms with E-state index in [2.05, 4.69) is 5.32 Å². The molecule has 1 saturated heterocycles. The van der Waals surface area contributed by atoms with Crippen LogP contribution in [-0.4, -0.2) is 41.3 Å². The highest BCUT2D eigenvalue weighted by molar-refractivity contribution is 8.00. The predicted octanol–water partition coefficient (Wildman–Crippen LogP) is 2.12. The topological polar surface area (TPSA) is 49.4 Å². The van der Waals surface area contributed by atoms with Gasteiger partial charge in [0.1, 0.15) is 5.82 Å². The Hall–Kier alpha value is -1.56. The number of anilines is 1. The van der Waals surface area contributed by atoms with Gasteiger partial charge in [-0.25, -0.2) is 4.39 Å². The van der Waals surface area contributed by atoms with Gasteiger partial charge >= 0.3 is 0 Å². The van der Waals surface area contributed by atoms with Gasteiger partial charge < -0.3 is 10.2 Å². The largest absolute Gasteiger partial charge is 0.342 e. The van der Waals surface area contributed by atoms with Crippen molar-refractivity contribution < 1.29 is 14.0 Å². The number of nitrogens with one attached hydrogen (secondary N) is 1. The Morgan fingerprint density at radius 2 is 1.80 bits per heavy atom. The van der Waals surface area contributed by atoms with E-state index >= 15 is 0 Å². The summed E-state index contributed by atoms with van der Waals surface area (Å²) >= 11 is 1.30. The quantitative estimate of drug-likeness (QED) is 0.905. The fourth-order valence-corrected chi connectivity index (χ4v) is 2.74. The van der Waals surface area contributed by atoms with Crippen LogP contribution in [0.2, 0.25) is 0 Å². The molecule has 1 aliphatic heterocycles. The summed E-state index contributed by atoms with van der Waals surface area (Å²) in [6, 6.07) is 5.60. The second-order valence-electron chi connectivity index (χ2n) is 4.64. The minimum atomic E-state index is -0.339. The Morgan fingerprint density at radius 3 is 2.45 bits per heavy atom. The molecule has 0 bridgehead atoms. The van der Waals surface area contributed by atoms with Gasteiger partial charge in [-0.3, -0.25) is 9.59 Å². The number of thioether (sulfide) groups is 1. The molecular formula is C14H17FN2O2S. The molecule has 20 heavy (non-hydrogen) atoms. The van der Waals surface area contributed by atoms with Crippen molar-refractivity contribution in [1.82, 2.24) is 4.90 Å². The highest BCUT2D eigenvalue weighted by Gasteiger charge is 2.17. The van der Waals surface area contributed by atoms with E-state index < -0.39 is 0 Å². The van der Waals surface area contributed by atoms with E-state index in [9.17, 15) is 14.0 Å². The van der Waals surface area contributed by atoms with E-state index in [0.29, 0.717) is 11.4 Å². The van der Waals surface area contributed by atoms with Gasteiger partial charge in [-0.1, -0.05) is 0 Å². The van der Waals surface area contributed by atoms with Crippen molar-refractivity contribution in [3.05, 3.63) is 30.1 Å². The maximum atomic E-state index is 12.7. The van der Waals surface area contributed by atoms with Crippen molar-refractivity contribution in [2.75, 3.05) is 29.9 Å². The third-order valence-corrected chi connectivity index (χ3v) is 3.96. The Balaban J connectivity index is 1.67. The predicted molar refractivity (Wildman–Crippen MR) is 78.2 cm³/mol. The summed E-state index contributed by atoms with van der Waals surface area (Å²) in [6.45, 7) is 1.67. The number of nitrogens with zero attached hydrogens (tertiary/aromatic N) is 1. The summed E-state index contributed by atoms with van der Waals surface area (Å²) in [5.41, 5.74) is 0.558. The number of carbonyl (C=O) groups excluding carboxylic acids is 2. The van der Waals surface area contributed by atoms with Crippen LogP contribution in [0.15, 0.2) is 24.3 Å². The molecule has 0 spiro atoms. The van der Waals surface area contributed by atoms with E-state index in [0.717, 1.165) is 25.9 Å². The highest BCUT2D eigenvalue weighted by atomic mass is 32.2. The van der Waals surface area contributed by atoms with Crippen molar-refractivity contribution >= 4 is 29.3 Å². The summed E-state index contributed by atoms with van der Waals surface area (Å²) < 4.78 is 12.7. The minimum Gasteiger partial charge on any atom is -0.342 e. The maximum absolute atomic E-state index is 12.7. The van der Waals surface area contributed by atoms with E-state index in [-0.39, 0.29) is 23.4 Å². The molecule has 1 aromatic carbocycles. The van der Waals surface area contributed by atoms with Crippen molar-refractivity contribution in [3.63, 3.8) is 0 Å². The van der Waals surface area contributed by atoms with Crippen molar-refractivity contribution in [1.29, 1.82) is 0 Å². The molecular weight excluding hydrogens is 279 g/mol. The molecule has 0 aliphatic carbocycles. The lowest BCUT2D eigenvalue weighted by atomic mass is 10.3. The van der Waals surface area contributed by atoms with E-state index in [1.54, 1.807) is 0 Å². The third-order valence-electron chi connectivity index (χ3n) is 3.05. The lowest BCUT2D eigenvalue weighted by Gasteiger charge is -2.14. The van der Waals surface area contributed by atoms with Gasteiger partial charge in [0.25, 0.3) is 0 Å². The first kappa shape index (κ1) is 14.8. The summed E-state index contributed by atoms with van der Waals surface area (Å²) in [4.78, 5) is 25.2. The molecule has 0 saturated carbocycles. The molecule has 108 valence electrons. The lowest BCUT2D eigenvalue weighted by molar-refractivity contribution is -0.127. The van der Waals surface area contributed by atoms with Gasteiger partial charge in [0.15, 0.2) is 0 Å². The summed E-state index contributed by atoms with van der Waals surface area (Å²) in [7, 11) is 0. The third kappa shape index (κ3) is 4.52. The highest BCUT2D eigenvalue weighted by Crippen LogP contribution is 2.12. The number of rotatable bonds is 5. The van der Waals surface area contributed by atoms with Gasteiger partial charge in [-0.05, 0) is 37.1 Å². The Labute approximate surface area is 121 Å². The van der Waals surface area contributed by atoms with Crippen molar-refractivity contribution in [2.45, 2.75) is 12.8 Å². The molecule has 4 nitrogen and oxygen atoms in total. The zero-order valence-electron chi connectivity index (χ0n) is 11.1. The summed E-state index contributed by atoms with van der Waals surface area (Å²) in [6.07, 6.45) is 2.14. The van der Waals surface area contributed by atoms with Crippen LogP contribution in [0.3, 0.4) is 0 Å². The number of carbonyl (C=O) groups is 2. The molecule has 1 fully saturated rings. The van der Waals surface area contributed by atoms with Crippen LogP contribution < -0.4 is 5.32 Å². The van der Waals surface area contributed by atoms with Gasteiger partial charge in [-0.2, -0.15) is 0 Å². The van der Waals surface area contributed by atoms with E-state index in [1.807, 2.05) is 4.90 Å². The first-order valence-corrected chi connectivity index (χ1v) is 7.71.